The Bertz CT molecular complexity index is 882. The summed E-state index contributed by atoms with van der Waals surface area (Å²) in [5.74, 6) is 1.87. The Hall–Kier alpha value is -1.12. The molecule has 1 unspecified atom stereocenters. The molecule has 0 spiro atoms. The van der Waals surface area contributed by atoms with Gasteiger partial charge in [0.15, 0.2) is 0 Å². The van der Waals surface area contributed by atoms with Crippen molar-refractivity contribution in [2.24, 2.45) is 0 Å². The molecule has 7 heteroatoms. The van der Waals surface area contributed by atoms with Crippen LogP contribution in [-0.4, -0.2) is 74.6 Å². The largest absolute Gasteiger partial charge is 0.379 e. The van der Waals surface area contributed by atoms with E-state index in [0.717, 1.165) is 61.5 Å². The lowest BCUT2D eigenvalue weighted by Crippen LogP contribution is -2.50. The summed E-state index contributed by atoms with van der Waals surface area (Å²) in [5, 5.41) is 2.03. The van der Waals surface area contributed by atoms with Crippen LogP contribution in [0.5, 0.6) is 0 Å². The highest BCUT2D eigenvalue weighted by Gasteiger charge is 2.34. The normalized spacial score (nSPS) is 23.3. The van der Waals surface area contributed by atoms with Gasteiger partial charge in [-0.25, -0.2) is 8.42 Å². The minimum atomic E-state index is -3.51. The number of morpholine rings is 1. The van der Waals surface area contributed by atoms with E-state index in [0.29, 0.717) is 11.4 Å². The molecular weight excluding hydrogens is 380 g/mol. The zero-order valence-electron chi connectivity index (χ0n) is 15.4. The third kappa shape index (κ3) is 4.32. The first-order chi connectivity index (χ1) is 13.1. The average molecular weight is 407 g/mol. The standard InChI is InChI=1S/C20H26N2O3S2/c23-27(24,20-7-6-17-4-1-2-5-18(17)14-20)22-8-3-13-26-16-19(22)15-21-9-11-25-12-10-21/h1-2,4-7,14,19H,3,8-13,15-16H2. The predicted octanol–water partition coefficient (Wildman–Crippen LogP) is 2.67. The predicted molar refractivity (Wildman–Crippen MR) is 111 cm³/mol. The van der Waals surface area contributed by atoms with Gasteiger partial charge in [0, 0.05) is 38.0 Å². The highest BCUT2D eigenvalue weighted by molar-refractivity contribution is 7.99. The summed E-state index contributed by atoms with van der Waals surface area (Å²) < 4.78 is 34.2. The molecule has 2 saturated heterocycles. The fourth-order valence-corrected chi connectivity index (χ4v) is 6.65. The number of benzene rings is 2. The maximum atomic E-state index is 13.5. The average Bonchev–Trinajstić information content (AvgIpc) is 2.94. The van der Waals surface area contributed by atoms with Gasteiger partial charge in [-0.1, -0.05) is 30.3 Å². The Morgan fingerprint density at radius 3 is 2.63 bits per heavy atom. The molecule has 5 nitrogen and oxygen atoms in total. The van der Waals surface area contributed by atoms with Gasteiger partial charge in [-0.3, -0.25) is 4.90 Å². The van der Waals surface area contributed by atoms with Crippen molar-refractivity contribution in [1.29, 1.82) is 0 Å². The van der Waals surface area contributed by atoms with Gasteiger partial charge in [0.05, 0.1) is 18.1 Å². The maximum Gasteiger partial charge on any atom is 0.243 e. The van der Waals surface area contributed by atoms with E-state index in [9.17, 15) is 8.42 Å². The maximum absolute atomic E-state index is 13.5. The molecule has 0 bridgehead atoms. The molecule has 2 fully saturated rings. The Morgan fingerprint density at radius 2 is 1.81 bits per heavy atom. The van der Waals surface area contributed by atoms with Crippen LogP contribution in [0.25, 0.3) is 10.8 Å². The van der Waals surface area contributed by atoms with Crippen molar-refractivity contribution < 1.29 is 13.2 Å². The van der Waals surface area contributed by atoms with E-state index in [1.54, 1.807) is 10.4 Å². The number of ether oxygens (including phenoxy) is 1. The van der Waals surface area contributed by atoms with Gasteiger partial charge >= 0.3 is 0 Å². The van der Waals surface area contributed by atoms with Crippen LogP contribution in [-0.2, 0) is 14.8 Å². The molecule has 2 aliphatic rings. The van der Waals surface area contributed by atoms with E-state index < -0.39 is 10.0 Å². The van der Waals surface area contributed by atoms with Gasteiger partial charge in [-0.15, -0.1) is 0 Å². The number of rotatable bonds is 4. The smallest absolute Gasteiger partial charge is 0.243 e. The second-order valence-corrected chi connectivity index (χ2v) is 10.2. The van der Waals surface area contributed by atoms with Crippen molar-refractivity contribution in [3.63, 3.8) is 0 Å². The molecule has 0 saturated carbocycles. The molecule has 0 N–H and O–H groups in total. The van der Waals surface area contributed by atoms with Crippen molar-refractivity contribution >= 4 is 32.6 Å². The molecule has 0 aliphatic carbocycles. The van der Waals surface area contributed by atoms with Crippen molar-refractivity contribution in [3.05, 3.63) is 42.5 Å². The number of hydrogen-bond donors (Lipinski definition) is 0. The molecule has 146 valence electrons. The van der Waals surface area contributed by atoms with Crippen LogP contribution < -0.4 is 0 Å². The lowest BCUT2D eigenvalue weighted by Gasteiger charge is -2.35. The van der Waals surface area contributed by atoms with Crippen molar-refractivity contribution in [2.75, 3.05) is 50.9 Å². The van der Waals surface area contributed by atoms with E-state index in [1.165, 1.54) is 0 Å². The van der Waals surface area contributed by atoms with Crippen LogP contribution in [0, 0.1) is 0 Å². The summed E-state index contributed by atoms with van der Waals surface area (Å²) in [6.07, 6.45) is 0.900. The summed E-state index contributed by atoms with van der Waals surface area (Å²) in [6, 6.07) is 13.4. The number of fused-ring (bicyclic) bond motifs is 1. The van der Waals surface area contributed by atoms with Crippen molar-refractivity contribution in [1.82, 2.24) is 9.21 Å². The van der Waals surface area contributed by atoms with Crippen molar-refractivity contribution in [2.45, 2.75) is 17.4 Å². The van der Waals surface area contributed by atoms with E-state index in [1.807, 2.05) is 48.2 Å². The van der Waals surface area contributed by atoms with Gasteiger partial charge in [0.2, 0.25) is 10.0 Å². The molecule has 27 heavy (non-hydrogen) atoms. The summed E-state index contributed by atoms with van der Waals surface area (Å²) in [7, 11) is -3.51. The van der Waals surface area contributed by atoms with Crippen LogP contribution in [0.2, 0.25) is 0 Å². The lowest BCUT2D eigenvalue weighted by atomic mass is 10.1. The third-order valence-electron chi connectivity index (χ3n) is 5.28. The number of sulfonamides is 1. The van der Waals surface area contributed by atoms with Gasteiger partial charge in [-0.2, -0.15) is 16.1 Å². The zero-order chi connectivity index (χ0) is 18.7. The molecular formula is C20H26N2O3S2. The van der Waals surface area contributed by atoms with E-state index in [-0.39, 0.29) is 6.04 Å². The fraction of sp³-hybridized carbons (Fsp3) is 0.500. The molecule has 0 amide bonds. The monoisotopic (exact) mass is 406 g/mol. The minimum absolute atomic E-state index is 0.00655. The Morgan fingerprint density at radius 1 is 1.04 bits per heavy atom. The summed E-state index contributed by atoms with van der Waals surface area (Å²) >= 11 is 1.87. The molecule has 1 atom stereocenters. The quantitative estimate of drug-likeness (QED) is 0.781. The minimum Gasteiger partial charge on any atom is -0.379 e. The first-order valence-corrected chi connectivity index (χ1v) is 12.1. The third-order valence-corrected chi connectivity index (χ3v) is 8.43. The Labute approximate surface area is 165 Å². The SMILES string of the molecule is O=S(=O)(c1ccc2ccccc2c1)N1CCCSCC1CN1CCOCC1. The summed E-state index contributed by atoms with van der Waals surface area (Å²) in [5.41, 5.74) is 0. The van der Waals surface area contributed by atoms with E-state index >= 15 is 0 Å². The van der Waals surface area contributed by atoms with Gasteiger partial charge in [0.1, 0.15) is 0 Å². The second-order valence-electron chi connectivity index (χ2n) is 7.12. The van der Waals surface area contributed by atoms with Crippen LogP contribution in [0.4, 0.5) is 0 Å². The molecule has 4 rings (SSSR count). The Balaban J connectivity index is 1.62. The lowest BCUT2D eigenvalue weighted by molar-refractivity contribution is 0.0309. The summed E-state index contributed by atoms with van der Waals surface area (Å²) in [6.45, 7) is 4.60. The molecule has 2 aromatic carbocycles. The second kappa shape index (κ2) is 8.49. The highest BCUT2D eigenvalue weighted by atomic mass is 32.2. The Kier molecular flexibility index (Phi) is 6.04. The molecule has 0 aromatic heterocycles. The first-order valence-electron chi connectivity index (χ1n) is 9.53. The van der Waals surface area contributed by atoms with Crippen LogP contribution >= 0.6 is 11.8 Å². The van der Waals surface area contributed by atoms with Crippen LogP contribution in [0.3, 0.4) is 0 Å². The molecule has 2 aliphatic heterocycles. The van der Waals surface area contributed by atoms with Gasteiger partial charge < -0.3 is 4.74 Å². The number of hydrogen-bond acceptors (Lipinski definition) is 5. The van der Waals surface area contributed by atoms with Crippen LogP contribution in [0.15, 0.2) is 47.4 Å². The van der Waals surface area contributed by atoms with Gasteiger partial charge in [-0.05, 0) is 35.1 Å². The van der Waals surface area contributed by atoms with Gasteiger partial charge in [0.25, 0.3) is 0 Å². The fourth-order valence-electron chi connectivity index (χ4n) is 3.81. The molecule has 2 heterocycles. The van der Waals surface area contributed by atoms with Crippen LogP contribution in [0.1, 0.15) is 6.42 Å². The molecule has 0 radical (unpaired) electrons. The topological polar surface area (TPSA) is 49.9 Å². The number of nitrogens with zero attached hydrogens (tertiary/aromatic N) is 2. The molecule has 2 aromatic rings. The van der Waals surface area contributed by atoms with E-state index in [4.69, 9.17) is 4.74 Å². The highest BCUT2D eigenvalue weighted by Crippen LogP contribution is 2.27. The van der Waals surface area contributed by atoms with Crippen molar-refractivity contribution in [3.8, 4) is 0 Å². The first kappa shape index (κ1) is 19.2. The van der Waals surface area contributed by atoms with E-state index in [2.05, 4.69) is 4.90 Å². The number of thioether (sulfide) groups is 1. The summed E-state index contributed by atoms with van der Waals surface area (Å²) in [4.78, 5) is 2.74. The zero-order valence-corrected chi connectivity index (χ0v) is 17.1.